The summed E-state index contributed by atoms with van der Waals surface area (Å²) in [6.45, 7) is 0. The van der Waals surface area contributed by atoms with Gasteiger partial charge in [-0.25, -0.2) is 9.97 Å². The Morgan fingerprint density at radius 3 is 0.458 bits per heavy atom. The Morgan fingerprint density at radius 2 is 0.302 bits per heavy atom. The van der Waals surface area contributed by atoms with Crippen LogP contribution in [0.1, 0.15) is 22.8 Å². The molecule has 0 radical (unpaired) electrons. The summed E-state index contributed by atoms with van der Waals surface area (Å²) < 4.78 is 0. The molecule has 17 rings (SSSR count). The lowest BCUT2D eigenvalue weighted by Gasteiger charge is -2.19. The van der Waals surface area contributed by atoms with Crippen LogP contribution >= 0.6 is 0 Å². The SMILES string of the molecule is C1=Cc2nc1c(-c1c(-c3ccccc3)cccc1-c1ccccc1)c1ccc([nH]1)c(-c1c(-c3ccccc3)cccc1-c1ccccc1)c1nc(c(-c3c(-c4ccccc4)cccc3-c3ccccc3)c3ccc([nH]3)c2-c2c(-c3ccccc3)cccc2-c2ccccc2)C=C1. The summed E-state index contributed by atoms with van der Waals surface area (Å²) in [4.78, 5) is 20.7. The van der Waals surface area contributed by atoms with Crippen LogP contribution in [0.25, 0.3) is 180 Å². The van der Waals surface area contributed by atoms with Crippen molar-refractivity contribution in [1.82, 2.24) is 19.9 Å². The lowest BCUT2D eigenvalue weighted by atomic mass is 9.87. The third-order valence-corrected chi connectivity index (χ3v) is 18.7. The fourth-order valence-corrected chi connectivity index (χ4v) is 14.4. The highest BCUT2D eigenvalue weighted by Crippen LogP contribution is 2.51. The molecule has 12 aromatic carbocycles. The Morgan fingerprint density at radius 1 is 0.146 bits per heavy atom. The van der Waals surface area contributed by atoms with E-state index in [0.29, 0.717) is 0 Å². The predicted molar refractivity (Wildman–Crippen MR) is 404 cm³/mol. The topological polar surface area (TPSA) is 57.4 Å². The van der Waals surface area contributed by atoms with Crippen molar-refractivity contribution in [1.29, 1.82) is 0 Å². The Labute approximate surface area is 558 Å². The maximum absolute atomic E-state index is 6.10. The first-order valence-electron chi connectivity index (χ1n) is 32.8. The monoisotopic (exact) mass is 1220 g/mol. The number of hydrogen-bond donors (Lipinski definition) is 2. The van der Waals surface area contributed by atoms with Crippen molar-refractivity contribution in [3.8, 4) is 134 Å². The molecule has 0 saturated carbocycles. The van der Waals surface area contributed by atoms with E-state index in [0.717, 1.165) is 178 Å². The largest absolute Gasteiger partial charge is 0.354 e. The van der Waals surface area contributed by atoms with Gasteiger partial charge in [0.15, 0.2) is 0 Å². The van der Waals surface area contributed by atoms with Crippen LogP contribution in [-0.4, -0.2) is 19.9 Å². The van der Waals surface area contributed by atoms with Crippen molar-refractivity contribution < 1.29 is 0 Å². The van der Waals surface area contributed by atoms with Crippen LogP contribution in [0.5, 0.6) is 0 Å². The predicted octanol–water partition coefficient (Wildman–Crippen LogP) is 24.7. The van der Waals surface area contributed by atoms with E-state index in [1.54, 1.807) is 0 Å². The van der Waals surface area contributed by atoms with Crippen molar-refractivity contribution in [2.24, 2.45) is 0 Å². The molecule has 2 aliphatic heterocycles. The lowest BCUT2D eigenvalue weighted by Crippen LogP contribution is -1.96. The van der Waals surface area contributed by atoms with Crippen LogP contribution in [0.4, 0.5) is 0 Å². The Bertz CT molecular complexity index is 4710. The Balaban J connectivity index is 1.11. The molecule has 0 amide bonds. The second-order valence-corrected chi connectivity index (χ2v) is 24.3. The maximum Gasteiger partial charge on any atom is 0.0737 e. The number of aromatic nitrogens is 4. The lowest BCUT2D eigenvalue weighted by molar-refractivity contribution is 1.31. The number of aromatic amines is 2. The highest BCUT2D eigenvalue weighted by Gasteiger charge is 2.28. The maximum atomic E-state index is 6.10. The van der Waals surface area contributed by atoms with Crippen molar-refractivity contribution in [3.63, 3.8) is 0 Å². The molecule has 96 heavy (non-hydrogen) atoms. The van der Waals surface area contributed by atoms with Gasteiger partial charge in [0, 0.05) is 66.6 Å². The Hall–Kier alpha value is -12.8. The van der Waals surface area contributed by atoms with E-state index in [-0.39, 0.29) is 0 Å². The quantitative estimate of drug-likeness (QED) is 0.128. The molecule has 0 atom stereocenters. The van der Waals surface area contributed by atoms with Gasteiger partial charge in [-0.05, 0) is 138 Å². The molecule has 0 spiro atoms. The third kappa shape index (κ3) is 10.5. The van der Waals surface area contributed by atoms with Gasteiger partial charge in [-0.15, -0.1) is 0 Å². The molecular formula is C92H62N4. The molecule has 0 fully saturated rings. The second-order valence-electron chi connectivity index (χ2n) is 24.3. The van der Waals surface area contributed by atoms with Crippen LogP contribution in [0, 0.1) is 0 Å². The first-order valence-corrected chi connectivity index (χ1v) is 32.8. The molecule has 450 valence electrons. The van der Waals surface area contributed by atoms with E-state index in [1.807, 2.05) is 0 Å². The molecule has 5 heterocycles. The molecule has 4 nitrogen and oxygen atoms in total. The smallest absolute Gasteiger partial charge is 0.0737 e. The number of H-pyrrole nitrogens is 2. The summed E-state index contributed by atoms with van der Waals surface area (Å²) >= 11 is 0. The molecule has 4 heteroatoms. The minimum absolute atomic E-state index is 0.815. The van der Waals surface area contributed by atoms with Gasteiger partial charge < -0.3 is 9.97 Å². The van der Waals surface area contributed by atoms with Crippen molar-refractivity contribution in [2.45, 2.75) is 0 Å². The fraction of sp³-hybridized carbons (Fsp3) is 0. The van der Waals surface area contributed by atoms with Gasteiger partial charge in [-0.3, -0.25) is 0 Å². The van der Waals surface area contributed by atoms with Gasteiger partial charge in [0.1, 0.15) is 0 Å². The zero-order valence-electron chi connectivity index (χ0n) is 52.5. The Kier molecular flexibility index (Phi) is 14.9. The molecule has 15 aromatic rings. The van der Waals surface area contributed by atoms with Gasteiger partial charge in [0.25, 0.3) is 0 Å². The highest BCUT2D eigenvalue weighted by atomic mass is 14.8. The summed E-state index contributed by atoms with van der Waals surface area (Å²) in [6, 6.07) is 122. The summed E-state index contributed by atoms with van der Waals surface area (Å²) in [6.07, 6.45) is 8.96. The minimum atomic E-state index is 0.815. The zero-order chi connectivity index (χ0) is 63.7. The molecule has 0 unspecified atom stereocenters. The van der Waals surface area contributed by atoms with Gasteiger partial charge >= 0.3 is 0 Å². The van der Waals surface area contributed by atoms with Gasteiger partial charge in [-0.2, -0.15) is 0 Å². The molecule has 3 aromatic heterocycles. The minimum Gasteiger partial charge on any atom is -0.354 e. The number of fused-ring (bicyclic) bond motifs is 8. The molecule has 0 aliphatic carbocycles. The molecule has 2 aliphatic rings. The fourth-order valence-electron chi connectivity index (χ4n) is 14.4. The standard InChI is InChI=1S/C92H62N4/c1-9-29-61(30-10-1)69-45-25-46-70(62-31-11-2-12-32-62)85(69)89-77-53-55-79(93-77)90(86-71(63-33-13-3-14-34-63)47-26-48-72(86)64-35-15-4-16-36-64)81-57-59-83(95-81)92(88-75(67-41-21-7-22-42-67)51-28-52-76(88)68-43-23-8-24-44-68)84-60-58-82(96-84)91(80-56-54-78(89)94-80)87-73(65-37-17-5-18-38-65)49-27-50-74(87)66-39-19-6-20-40-66/h1-60,93,96H. The van der Waals surface area contributed by atoms with E-state index in [1.165, 1.54) is 0 Å². The van der Waals surface area contributed by atoms with E-state index in [9.17, 15) is 0 Å². The number of hydrogen-bond acceptors (Lipinski definition) is 2. The third-order valence-electron chi connectivity index (χ3n) is 18.7. The molecule has 8 bridgehead atoms. The zero-order valence-corrected chi connectivity index (χ0v) is 52.5. The number of nitrogens with zero attached hydrogens (tertiary/aromatic N) is 2. The normalized spacial score (nSPS) is 11.7. The summed E-state index contributed by atoms with van der Waals surface area (Å²) in [5, 5.41) is 0. The molecular weight excluding hydrogens is 1160 g/mol. The van der Waals surface area contributed by atoms with Crippen LogP contribution < -0.4 is 0 Å². The van der Waals surface area contributed by atoms with E-state index in [4.69, 9.17) is 9.97 Å². The summed E-state index contributed by atoms with van der Waals surface area (Å²) in [5.74, 6) is 0. The van der Waals surface area contributed by atoms with Crippen LogP contribution in [-0.2, 0) is 0 Å². The molecule has 2 N–H and O–H groups in total. The summed E-state index contributed by atoms with van der Waals surface area (Å²) in [5.41, 5.74) is 32.4. The van der Waals surface area contributed by atoms with Crippen molar-refractivity contribution in [2.75, 3.05) is 0 Å². The molecule has 0 saturated heterocycles. The highest BCUT2D eigenvalue weighted by molar-refractivity contribution is 6.11. The first kappa shape index (κ1) is 57.2. The van der Waals surface area contributed by atoms with Gasteiger partial charge in [-0.1, -0.05) is 315 Å². The average molecular weight is 1220 g/mol. The number of nitrogens with one attached hydrogen (secondary N) is 2. The van der Waals surface area contributed by atoms with Crippen LogP contribution in [0.15, 0.2) is 340 Å². The first-order chi connectivity index (χ1) is 47.7. The second kappa shape index (κ2) is 25.0. The van der Waals surface area contributed by atoms with E-state index in [2.05, 4.69) is 374 Å². The van der Waals surface area contributed by atoms with Crippen LogP contribution in [0.3, 0.4) is 0 Å². The average Bonchev–Trinajstić information content (AvgIpc) is 1.77. The summed E-state index contributed by atoms with van der Waals surface area (Å²) in [7, 11) is 0. The van der Waals surface area contributed by atoms with Crippen molar-refractivity contribution >= 4 is 46.4 Å². The van der Waals surface area contributed by atoms with E-state index >= 15 is 0 Å². The number of rotatable bonds is 12. The van der Waals surface area contributed by atoms with Gasteiger partial charge in [0.05, 0.1) is 22.8 Å². The van der Waals surface area contributed by atoms with Crippen molar-refractivity contribution in [3.05, 3.63) is 362 Å². The van der Waals surface area contributed by atoms with Crippen LogP contribution in [0.2, 0.25) is 0 Å². The van der Waals surface area contributed by atoms with E-state index < -0.39 is 0 Å². The number of benzene rings is 12. The van der Waals surface area contributed by atoms with Gasteiger partial charge in [0.2, 0.25) is 0 Å².